The molecule has 0 unspecified atom stereocenters. The van der Waals surface area contributed by atoms with Gasteiger partial charge in [0.05, 0.1) is 11.0 Å². The van der Waals surface area contributed by atoms with Gasteiger partial charge in [0.25, 0.3) is 0 Å². The van der Waals surface area contributed by atoms with Gasteiger partial charge in [0.1, 0.15) is 0 Å². The number of fused-ring (bicyclic) bond motifs is 2. The molecule has 3 amide bonds. The van der Waals surface area contributed by atoms with Crippen molar-refractivity contribution in [2.75, 3.05) is 36.5 Å². The minimum absolute atomic E-state index is 0.0924. The largest absolute Gasteiger partial charge is 0.357 e. The van der Waals surface area contributed by atoms with E-state index in [9.17, 15) is 14.4 Å². The number of likely N-dealkylation sites (tertiary alicyclic amines) is 1. The van der Waals surface area contributed by atoms with Crippen LogP contribution in [0, 0.1) is 0 Å². The Morgan fingerprint density at radius 1 is 1.00 bits per heavy atom. The quantitative estimate of drug-likeness (QED) is 0.761. The summed E-state index contributed by atoms with van der Waals surface area (Å²) in [5, 5.41) is 0. The van der Waals surface area contributed by atoms with E-state index in [1.807, 2.05) is 36.2 Å². The predicted molar refractivity (Wildman–Crippen MR) is 100 cm³/mol. The molecule has 0 radical (unpaired) electrons. The van der Waals surface area contributed by atoms with Gasteiger partial charge < -0.3 is 4.90 Å². The van der Waals surface area contributed by atoms with Crippen LogP contribution in [0.2, 0.25) is 0 Å². The van der Waals surface area contributed by atoms with Crippen LogP contribution in [0.1, 0.15) is 25.7 Å². The summed E-state index contributed by atoms with van der Waals surface area (Å²) in [6.07, 6.45) is 1.36. The minimum Gasteiger partial charge on any atom is -0.357 e. The van der Waals surface area contributed by atoms with Crippen molar-refractivity contribution in [2.24, 2.45) is 0 Å². The lowest BCUT2D eigenvalue weighted by molar-refractivity contribution is -0.138. The van der Waals surface area contributed by atoms with Gasteiger partial charge in [-0.3, -0.25) is 24.2 Å². The zero-order valence-electron chi connectivity index (χ0n) is 15.2. The third kappa shape index (κ3) is 3.22. The molecule has 0 bridgehead atoms. The third-order valence-corrected chi connectivity index (χ3v) is 5.03. The Kier molecular flexibility index (Phi) is 4.47. The molecule has 0 atom stereocenters. The lowest BCUT2D eigenvalue weighted by Gasteiger charge is -2.23. The third-order valence-electron chi connectivity index (χ3n) is 5.03. The maximum Gasteiger partial charge on any atom is 0.230 e. The first kappa shape index (κ1) is 17.4. The molecule has 140 valence electrons. The van der Waals surface area contributed by atoms with Crippen molar-refractivity contribution in [1.82, 2.24) is 14.9 Å². The van der Waals surface area contributed by atoms with Gasteiger partial charge in [0.15, 0.2) is 11.6 Å². The molecule has 2 aliphatic heterocycles. The molecule has 0 spiro atoms. The lowest BCUT2D eigenvalue weighted by Crippen LogP contribution is -2.37. The highest BCUT2D eigenvalue weighted by Crippen LogP contribution is 2.30. The zero-order chi connectivity index (χ0) is 19.0. The summed E-state index contributed by atoms with van der Waals surface area (Å²) in [4.78, 5) is 50.7. The Bertz CT molecular complexity index is 913. The molecule has 1 fully saturated rings. The number of aromatic nitrogens is 2. The van der Waals surface area contributed by atoms with Crippen LogP contribution in [-0.4, -0.2) is 59.3 Å². The summed E-state index contributed by atoms with van der Waals surface area (Å²) in [7, 11) is 1.94. The van der Waals surface area contributed by atoms with Crippen molar-refractivity contribution in [3.8, 4) is 0 Å². The molecule has 1 aromatic heterocycles. The number of benzene rings is 1. The molecule has 3 heterocycles. The number of nitrogens with zero attached hydrogens (tertiary/aromatic N) is 5. The molecule has 27 heavy (non-hydrogen) atoms. The van der Waals surface area contributed by atoms with Crippen molar-refractivity contribution >= 4 is 40.4 Å². The Morgan fingerprint density at radius 3 is 2.30 bits per heavy atom. The van der Waals surface area contributed by atoms with Gasteiger partial charge in [-0.1, -0.05) is 12.1 Å². The van der Waals surface area contributed by atoms with Crippen molar-refractivity contribution in [3.63, 3.8) is 0 Å². The van der Waals surface area contributed by atoms with E-state index in [-0.39, 0.29) is 43.5 Å². The molecule has 0 saturated carbocycles. The van der Waals surface area contributed by atoms with Gasteiger partial charge in [-0.15, -0.1) is 0 Å². The smallest absolute Gasteiger partial charge is 0.230 e. The monoisotopic (exact) mass is 367 g/mol. The number of amides is 3. The fraction of sp³-hybridized carbons (Fsp3) is 0.421. The number of imide groups is 1. The SMILES string of the molecule is CN1CCCN(C(=O)CCN2C(=O)CCC2=O)c2nc3ccccc3nc21. The van der Waals surface area contributed by atoms with Gasteiger partial charge in [-0.25, -0.2) is 9.97 Å². The van der Waals surface area contributed by atoms with Crippen LogP contribution in [-0.2, 0) is 14.4 Å². The standard InChI is InChI=1S/C19H21N5O3/c1-22-10-4-11-24(17(27)9-12-23-15(25)7-8-16(23)26)19-18(22)20-13-5-2-3-6-14(13)21-19/h2-3,5-6H,4,7-12H2,1H3. The van der Waals surface area contributed by atoms with Gasteiger partial charge in [0, 0.05) is 45.9 Å². The van der Waals surface area contributed by atoms with Gasteiger partial charge in [-0.2, -0.15) is 0 Å². The zero-order valence-corrected chi connectivity index (χ0v) is 15.2. The summed E-state index contributed by atoms with van der Waals surface area (Å²) in [5.41, 5.74) is 1.51. The van der Waals surface area contributed by atoms with E-state index in [0.29, 0.717) is 18.2 Å². The number of anilines is 2. The minimum atomic E-state index is -0.199. The second-order valence-corrected chi connectivity index (χ2v) is 6.87. The summed E-state index contributed by atoms with van der Waals surface area (Å²) in [6.45, 7) is 1.43. The van der Waals surface area contributed by atoms with Crippen LogP contribution < -0.4 is 9.80 Å². The van der Waals surface area contributed by atoms with Crippen LogP contribution in [0.5, 0.6) is 0 Å². The highest BCUT2D eigenvalue weighted by molar-refractivity contribution is 6.03. The first-order chi connectivity index (χ1) is 13.0. The first-order valence-electron chi connectivity index (χ1n) is 9.16. The lowest BCUT2D eigenvalue weighted by atomic mass is 10.3. The number of hydrogen-bond donors (Lipinski definition) is 0. The second kappa shape index (κ2) is 6.94. The fourth-order valence-corrected chi connectivity index (χ4v) is 3.55. The number of rotatable bonds is 3. The maximum atomic E-state index is 12.9. The molecule has 8 heteroatoms. The average molecular weight is 367 g/mol. The van der Waals surface area contributed by atoms with Crippen molar-refractivity contribution in [1.29, 1.82) is 0 Å². The Balaban J connectivity index is 1.62. The number of para-hydroxylation sites is 2. The van der Waals surface area contributed by atoms with E-state index < -0.39 is 0 Å². The molecule has 0 aliphatic carbocycles. The van der Waals surface area contributed by atoms with Crippen molar-refractivity contribution in [2.45, 2.75) is 25.7 Å². The van der Waals surface area contributed by atoms with Crippen molar-refractivity contribution in [3.05, 3.63) is 24.3 Å². The van der Waals surface area contributed by atoms with E-state index in [0.717, 1.165) is 24.0 Å². The molecule has 4 rings (SSSR count). The molecule has 2 aliphatic rings. The Morgan fingerprint density at radius 2 is 1.63 bits per heavy atom. The molecule has 0 N–H and O–H groups in total. The molecular weight excluding hydrogens is 346 g/mol. The Hall–Kier alpha value is -3.03. The van der Waals surface area contributed by atoms with E-state index in [2.05, 4.69) is 0 Å². The van der Waals surface area contributed by atoms with E-state index in [1.54, 1.807) is 4.90 Å². The molecule has 1 aromatic carbocycles. The highest BCUT2D eigenvalue weighted by atomic mass is 16.2. The predicted octanol–water partition coefficient (Wildman–Crippen LogP) is 1.34. The second-order valence-electron chi connectivity index (χ2n) is 6.87. The fourth-order valence-electron chi connectivity index (χ4n) is 3.55. The van der Waals surface area contributed by atoms with E-state index >= 15 is 0 Å². The van der Waals surface area contributed by atoms with Gasteiger partial charge in [-0.05, 0) is 18.6 Å². The molecular formula is C19H21N5O3. The number of hydrogen-bond acceptors (Lipinski definition) is 6. The topological polar surface area (TPSA) is 86.7 Å². The average Bonchev–Trinajstić information content (AvgIpc) is 2.90. The van der Waals surface area contributed by atoms with Crippen LogP contribution in [0.25, 0.3) is 11.0 Å². The molecule has 2 aromatic rings. The molecule has 1 saturated heterocycles. The molecule has 8 nitrogen and oxygen atoms in total. The normalized spacial score (nSPS) is 17.4. The number of carbonyl (C=O) groups is 3. The van der Waals surface area contributed by atoms with Crippen molar-refractivity contribution < 1.29 is 14.4 Å². The first-order valence-corrected chi connectivity index (χ1v) is 9.16. The van der Waals surface area contributed by atoms with E-state index in [1.165, 1.54) is 4.90 Å². The summed E-state index contributed by atoms with van der Waals surface area (Å²) in [6, 6.07) is 7.57. The van der Waals surface area contributed by atoms with Crippen LogP contribution >= 0.6 is 0 Å². The summed E-state index contributed by atoms with van der Waals surface area (Å²) < 4.78 is 0. The van der Waals surface area contributed by atoms with Crippen LogP contribution in [0.15, 0.2) is 24.3 Å². The van der Waals surface area contributed by atoms with Crippen LogP contribution in [0.3, 0.4) is 0 Å². The summed E-state index contributed by atoms with van der Waals surface area (Å²) >= 11 is 0. The van der Waals surface area contributed by atoms with E-state index in [4.69, 9.17) is 9.97 Å². The Labute approximate surface area is 156 Å². The van der Waals surface area contributed by atoms with Gasteiger partial charge in [0.2, 0.25) is 17.7 Å². The number of carbonyl (C=O) groups excluding carboxylic acids is 3. The maximum absolute atomic E-state index is 12.9. The highest BCUT2D eigenvalue weighted by Gasteiger charge is 2.31. The van der Waals surface area contributed by atoms with Crippen LogP contribution in [0.4, 0.5) is 11.6 Å². The summed E-state index contributed by atoms with van der Waals surface area (Å²) in [5.74, 6) is 0.665. The van der Waals surface area contributed by atoms with Gasteiger partial charge >= 0.3 is 0 Å².